The fourth-order valence-corrected chi connectivity index (χ4v) is 11.6. The maximum atomic E-state index is 2.56. The summed E-state index contributed by atoms with van der Waals surface area (Å²) in [7, 11) is -2.27. The average molecular weight is 467 g/mol. The van der Waals surface area contributed by atoms with Crippen LogP contribution in [0.5, 0.6) is 0 Å². The van der Waals surface area contributed by atoms with E-state index in [1.54, 1.807) is 21.5 Å². The molecule has 0 N–H and O–H groups in total. The van der Waals surface area contributed by atoms with Crippen molar-refractivity contribution in [1.29, 1.82) is 0 Å². The normalized spacial score (nSPS) is 18.4. The minimum atomic E-state index is -1.14. The van der Waals surface area contributed by atoms with Crippen LogP contribution in [0.4, 0.5) is 0 Å². The van der Waals surface area contributed by atoms with E-state index in [0.29, 0.717) is 0 Å². The van der Waals surface area contributed by atoms with Crippen molar-refractivity contribution < 1.29 is 23.2 Å². The van der Waals surface area contributed by atoms with Crippen molar-refractivity contribution in [1.82, 2.24) is 0 Å². The average Bonchev–Trinajstić information content (AvgIpc) is 2.83. The Morgan fingerprint density at radius 2 is 1.00 bits per heavy atom. The summed E-state index contributed by atoms with van der Waals surface area (Å²) >= 11 is -0.530. The first-order chi connectivity index (χ1) is 9.51. The van der Waals surface area contributed by atoms with Gasteiger partial charge in [-0.3, -0.25) is 0 Å². The second-order valence-corrected chi connectivity index (χ2v) is 22.1. The van der Waals surface area contributed by atoms with Gasteiger partial charge in [-0.15, -0.1) is 24.8 Å². The fraction of sp³-hybridized carbons (Fsp3) is 0.556. The number of hydrogen-bond donors (Lipinski definition) is 0. The SMILES string of the molecule is CC1=[C]([Zr][C]2=C(C)C([Si](C)(C)C)=CC2)CC=C1[Si](C)(C)C.Cl.Cl. The Kier molecular flexibility index (Phi) is 8.81. The molecule has 130 valence electrons. The van der Waals surface area contributed by atoms with Crippen molar-refractivity contribution in [2.24, 2.45) is 0 Å². The van der Waals surface area contributed by atoms with E-state index >= 15 is 0 Å². The van der Waals surface area contributed by atoms with Crippen LogP contribution >= 0.6 is 24.8 Å². The number of halogens is 2. The summed E-state index contributed by atoms with van der Waals surface area (Å²) in [4.78, 5) is 0. The maximum absolute atomic E-state index is 2.56. The Hall–Kier alpha value is 0.857. The molecular weight excluding hydrogens is 435 g/mol. The van der Waals surface area contributed by atoms with E-state index in [0.717, 1.165) is 0 Å². The predicted octanol–water partition coefficient (Wildman–Crippen LogP) is 6.88. The van der Waals surface area contributed by atoms with E-state index in [9.17, 15) is 0 Å². The van der Waals surface area contributed by atoms with Crippen molar-refractivity contribution >= 4 is 41.0 Å². The Morgan fingerprint density at radius 1 is 0.696 bits per heavy atom. The van der Waals surface area contributed by atoms with Crippen molar-refractivity contribution in [2.75, 3.05) is 0 Å². The van der Waals surface area contributed by atoms with E-state index in [1.807, 2.05) is 6.56 Å². The van der Waals surface area contributed by atoms with Gasteiger partial charge < -0.3 is 0 Å². The van der Waals surface area contributed by atoms with Crippen LogP contribution in [-0.4, -0.2) is 16.1 Å². The molecule has 0 nitrogen and oxygen atoms in total. The van der Waals surface area contributed by atoms with Crippen molar-refractivity contribution in [3.8, 4) is 0 Å². The van der Waals surface area contributed by atoms with Gasteiger partial charge in [-0.25, -0.2) is 0 Å². The summed E-state index contributed by atoms with van der Waals surface area (Å²) in [5.74, 6) is 0. The molecule has 0 aliphatic heterocycles. The molecule has 0 spiro atoms. The van der Waals surface area contributed by atoms with Crippen molar-refractivity contribution in [3.63, 3.8) is 0 Å². The van der Waals surface area contributed by atoms with Crippen molar-refractivity contribution in [2.45, 2.75) is 66.0 Å². The van der Waals surface area contributed by atoms with E-state index in [1.165, 1.54) is 12.8 Å². The van der Waals surface area contributed by atoms with Crippen LogP contribution in [0.25, 0.3) is 0 Å². The van der Waals surface area contributed by atoms with Gasteiger partial charge in [0.05, 0.1) is 0 Å². The molecule has 0 saturated carbocycles. The van der Waals surface area contributed by atoms with Crippen LogP contribution < -0.4 is 0 Å². The zero-order chi connectivity index (χ0) is 16.0. The van der Waals surface area contributed by atoms with E-state index in [4.69, 9.17) is 0 Å². The van der Waals surface area contributed by atoms with Gasteiger partial charge in [0.2, 0.25) is 0 Å². The first-order valence-electron chi connectivity index (χ1n) is 8.10. The molecule has 0 aromatic rings. The van der Waals surface area contributed by atoms with Crippen LogP contribution in [0, 0.1) is 0 Å². The molecule has 23 heavy (non-hydrogen) atoms. The number of hydrogen-bond acceptors (Lipinski definition) is 0. The number of rotatable bonds is 4. The topological polar surface area (TPSA) is 0 Å². The summed E-state index contributed by atoms with van der Waals surface area (Å²) in [5.41, 5.74) is 3.39. The van der Waals surface area contributed by atoms with Crippen LogP contribution in [0.3, 0.4) is 0 Å². The zero-order valence-corrected chi connectivity index (χ0v) is 22.0. The molecule has 0 amide bonds. The van der Waals surface area contributed by atoms with Gasteiger partial charge in [-0.05, 0) is 0 Å². The molecule has 2 aliphatic rings. The first kappa shape index (κ1) is 23.9. The molecular formula is C18H32Cl2Si2Zr. The second-order valence-electron chi connectivity index (χ2n) is 8.48. The van der Waals surface area contributed by atoms with Gasteiger partial charge in [-0.1, -0.05) is 0 Å². The molecule has 0 radical (unpaired) electrons. The molecule has 0 unspecified atom stereocenters. The first-order valence-corrected chi connectivity index (χ1v) is 17.6. The Labute approximate surface area is 169 Å². The third-order valence-corrected chi connectivity index (χ3v) is 13.4. The standard InChI is InChI=1S/2C9H15Si.2ClH.Zr/c2*1-8-6-5-7-9(8)10(2,3)4;;;/h2*7H,5H2,1-4H3;2*1H;. The third kappa shape index (κ3) is 5.41. The van der Waals surface area contributed by atoms with E-state index in [2.05, 4.69) is 65.3 Å². The zero-order valence-electron chi connectivity index (χ0n) is 15.9. The van der Waals surface area contributed by atoms with E-state index in [-0.39, 0.29) is 24.8 Å². The predicted molar refractivity (Wildman–Crippen MR) is 112 cm³/mol. The summed E-state index contributed by atoms with van der Waals surface area (Å²) in [6, 6.07) is 0. The van der Waals surface area contributed by atoms with Crippen LogP contribution in [0.1, 0.15) is 26.7 Å². The molecule has 0 heterocycles. The largest absolute Gasteiger partial charge is 0.147 e. The summed E-state index contributed by atoms with van der Waals surface area (Å²) in [5, 5.41) is 3.49. The van der Waals surface area contributed by atoms with Crippen LogP contribution in [-0.2, 0) is 23.2 Å². The third-order valence-electron chi connectivity index (χ3n) is 4.65. The molecule has 0 bridgehead atoms. The molecule has 0 saturated heterocycles. The number of allylic oxidation sites excluding steroid dienone is 8. The molecule has 5 heteroatoms. The van der Waals surface area contributed by atoms with Crippen molar-refractivity contribution in [3.05, 3.63) is 40.3 Å². The molecule has 2 rings (SSSR count). The Bertz CT molecular complexity index is 533. The maximum Gasteiger partial charge on any atom is -0.147 e. The minimum Gasteiger partial charge on any atom is -0.147 e. The minimum absolute atomic E-state index is 0. The molecule has 0 aromatic heterocycles. The van der Waals surface area contributed by atoms with E-state index < -0.39 is 39.4 Å². The molecule has 0 atom stereocenters. The van der Waals surface area contributed by atoms with Gasteiger partial charge in [0.1, 0.15) is 0 Å². The van der Waals surface area contributed by atoms with Crippen LogP contribution in [0.2, 0.25) is 39.3 Å². The van der Waals surface area contributed by atoms with Crippen LogP contribution in [0.15, 0.2) is 40.3 Å². The van der Waals surface area contributed by atoms with Gasteiger partial charge in [-0.2, -0.15) is 0 Å². The quantitative estimate of drug-likeness (QED) is 0.396. The monoisotopic (exact) mass is 464 g/mol. The smallest absolute Gasteiger partial charge is 0.147 e. The van der Waals surface area contributed by atoms with Gasteiger partial charge in [0.15, 0.2) is 0 Å². The Balaban J connectivity index is 0.00000242. The molecule has 0 aromatic carbocycles. The van der Waals surface area contributed by atoms with Gasteiger partial charge in [0.25, 0.3) is 0 Å². The molecule has 0 fully saturated rings. The summed E-state index contributed by atoms with van der Waals surface area (Å²) in [6.07, 6.45) is 7.68. The molecule has 2 aliphatic carbocycles. The van der Waals surface area contributed by atoms with Gasteiger partial charge >= 0.3 is 146 Å². The summed E-state index contributed by atoms with van der Waals surface area (Å²) < 4.78 is 3.71. The Morgan fingerprint density at radius 3 is 1.22 bits per heavy atom. The summed E-state index contributed by atoms with van der Waals surface area (Å²) in [6.45, 7) is 19.7. The van der Waals surface area contributed by atoms with Gasteiger partial charge in [0, 0.05) is 0 Å². The second kappa shape index (κ2) is 8.49. The fourth-order valence-electron chi connectivity index (χ4n) is 3.55.